The van der Waals surface area contributed by atoms with Crippen molar-refractivity contribution in [3.63, 3.8) is 0 Å². The molecule has 0 saturated carbocycles. The molecule has 1 amide bonds. The minimum Gasteiger partial charge on any atom is -0.493 e. The lowest BCUT2D eigenvalue weighted by Crippen LogP contribution is -2.35. The normalized spacial score (nSPS) is 19.1. The fourth-order valence-electron chi connectivity index (χ4n) is 2.74. The van der Waals surface area contributed by atoms with E-state index in [0.29, 0.717) is 18.0 Å². The van der Waals surface area contributed by atoms with Crippen LogP contribution >= 0.6 is 0 Å². The summed E-state index contributed by atoms with van der Waals surface area (Å²) in [6.07, 6.45) is 0. The Morgan fingerprint density at radius 1 is 1.22 bits per heavy atom. The molecule has 1 atom stereocenters. The van der Waals surface area contributed by atoms with Crippen molar-refractivity contribution in [2.45, 2.75) is 12.5 Å². The second-order valence-electron chi connectivity index (χ2n) is 5.16. The Labute approximate surface area is 132 Å². The van der Waals surface area contributed by atoms with Crippen molar-refractivity contribution in [3.05, 3.63) is 59.2 Å². The third-order valence-electron chi connectivity index (χ3n) is 3.81. The first-order valence-corrected chi connectivity index (χ1v) is 7.12. The van der Waals surface area contributed by atoms with E-state index in [1.807, 2.05) is 0 Å². The van der Waals surface area contributed by atoms with Crippen molar-refractivity contribution in [1.82, 2.24) is 0 Å². The number of aliphatic hydroxyl groups is 1. The molecule has 6 nitrogen and oxygen atoms in total. The van der Waals surface area contributed by atoms with Gasteiger partial charge in [-0.05, 0) is 31.2 Å². The van der Waals surface area contributed by atoms with Gasteiger partial charge in [-0.25, -0.2) is 4.79 Å². The van der Waals surface area contributed by atoms with E-state index >= 15 is 0 Å². The maximum Gasteiger partial charge on any atom is 0.335 e. The average Bonchev–Trinajstić information content (AvgIpc) is 2.80. The molecular formula is C17H15NO5. The maximum absolute atomic E-state index is 12.4. The van der Waals surface area contributed by atoms with Crippen LogP contribution in [-0.2, 0) is 10.4 Å². The zero-order valence-corrected chi connectivity index (χ0v) is 12.4. The lowest BCUT2D eigenvalue weighted by Gasteiger charge is -2.24. The predicted molar refractivity (Wildman–Crippen MR) is 82.6 cm³/mol. The number of ether oxygens (including phenoxy) is 1. The van der Waals surface area contributed by atoms with Crippen LogP contribution in [0.3, 0.4) is 0 Å². The quantitative estimate of drug-likeness (QED) is 0.802. The summed E-state index contributed by atoms with van der Waals surface area (Å²) in [7, 11) is 0. The number of para-hydroxylation sites is 1. The summed E-state index contributed by atoms with van der Waals surface area (Å²) in [4.78, 5) is 23.6. The number of carboxylic acid groups (broad SMARTS) is 1. The third kappa shape index (κ3) is 2.24. The zero-order valence-electron chi connectivity index (χ0n) is 12.4. The molecule has 2 aromatic rings. The van der Waals surface area contributed by atoms with Gasteiger partial charge >= 0.3 is 5.97 Å². The van der Waals surface area contributed by atoms with Crippen LogP contribution in [0, 0.1) is 0 Å². The van der Waals surface area contributed by atoms with Gasteiger partial charge in [0, 0.05) is 16.8 Å². The van der Waals surface area contributed by atoms with Crippen LogP contribution in [0.5, 0.6) is 5.75 Å². The fraction of sp³-hybridized carbons (Fsp3) is 0.176. The van der Waals surface area contributed by atoms with Gasteiger partial charge in [-0.2, -0.15) is 0 Å². The number of carbonyl (C=O) groups is 2. The van der Waals surface area contributed by atoms with Crippen LogP contribution in [0.4, 0.5) is 5.69 Å². The van der Waals surface area contributed by atoms with Gasteiger partial charge in [0.25, 0.3) is 5.91 Å². The summed E-state index contributed by atoms with van der Waals surface area (Å²) in [5, 5.41) is 22.8. The van der Waals surface area contributed by atoms with E-state index in [1.54, 1.807) is 31.2 Å². The number of benzene rings is 2. The highest BCUT2D eigenvalue weighted by Crippen LogP contribution is 2.44. The topological polar surface area (TPSA) is 95.9 Å². The van der Waals surface area contributed by atoms with Crippen molar-refractivity contribution in [2.24, 2.45) is 0 Å². The molecule has 1 heterocycles. The van der Waals surface area contributed by atoms with Gasteiger partial charge in [-0.15, -0.1) is 0 Å². The van der Waals surface area contributed by atoms with Gasteiger partial charge in [0.1, 0.15) is 5.75 Å². The maximum atomic E-state index is 12.4. The van der Waals surface area contributed by atoms with Gasteiger partial charge < -0.3 is 20.3 Å². The second-order valence-corrected chi connectivity index (χ2v) is 5.16. The number of hydrogen-bond acceptors (Lipinski definition) is 4. The summed E-state index contributed by atoms with van der Waals surface area (Å²) in [5.41, 5.74) is -1.14. The third-order valence-corrected chi connectivity index (χ3v) is 3.81. The number of fused-ring (bicyclic) bond motifs is 1. The van der Waals surface area contributed by atoms with E-state index in [2.05, 4.69) is 5.32 Å². The van der Waals surface area contributed by atoms with Crippen molar-refractivity contribution in [1.29, 1.82) is 0 Å². The van der Waals surface area contributed by atoms with Crippen LogP contribution in [-0.4, -0.2) is 28.7 Å². The number of nitrogens with one attached hydrogen (secondary N) is 1. The lowest BCUT2D eigenvalue weighted by molar-refractivity contribution is -0.129. The van der Waals surface area contributed by atoms with Crippen LogP contribution < -0.4 is 10.1 Å². The van der Waals surface area contributed by atoms with E-state index in [1.165, 1.54) is 18.2 Å². The Hall–Kier alpha value is -2.86. The molecule has 0 fully saturated rings. The molecular weight excluding hydrogens is 298 g/mol. The monoisotopic (exact) mass is 313 g/mol. The molecule has 0 radical (unpaired) electrons. The summed E-state index contributed by atoms with van der Waals surface area (Å²) in [6.45, 7) is 2.17. The highest BCUT2D eigenvalue weighted by Gasteiger charge is 2.48. The van der Waals surface area contributed by atoms with E-state index in [9.17, 15) is 14.7 Å². The van der Waals surface area contributed by atoms with Crippen molar-refractivity contribution < 1.29 is 24.5 Å². The summed E-state index contributed by atoms with van der Waals surface area (Å²) >= 11 is 0. The number of amides is 1. The molecule has 0 saturated heterocycles. The fourth-order valence-corrected chi connectivity index (χ4v) is 2.74. The number of aromatic carboxylic acids is 1. The molecule has 0 spiro atoms. The van der Waals surface area contributed by atoms with Gasteiger partial charge in [0.2, 0.25) is 0 Å². The number of carbonyl (C=O) groups excluding carboxylic acids is 1. The molecule has 6 heteroatoms. The number of anilines is 1. The second kappa shape index (κ2) is 5.40. The van der Waals surface area contributed by atoms with Crippen molar-refractivity contribution >= 4 is 17.6 Å². The van der Waals surface area contributed by atoms with Gasteiger partial charge in [-0.1, -0.05) is 18.2 Å². The SMILES string of the molecule is CCOc1ccccc1C1(O)C(=O)Nc2ccc(C(=O)O)cc21. The smallest absolute Gasteiger partial charge is 0.335 e. The standard InChI is InChI=1S/C17H15NO5/c1-2-23-14-6-4-3-5-11(14)17(22)12-9-10(15(19)20)7-8-13(12)18-16(17)21/h3-9,22H,2H2,1H3,(H,18,21)(H,19,20). The summed E-state index contributed by atoms with van der Waals surface area (Å²) in [5.74, 6) is -1.39. The first-order valence-electron chi connectivity index (χ1n) is 7.12. The molecule has 118 valence electrons. The molecule has 0 aromatic heterocycles. The zero-order chi connectivity index (χ0) is 16.6. The Morgan fingerprint density at radius 2 is 1.96 bits per heavy atom. The Balaban J connectivity index is 2.22. The highest BCUT2D eigenvalue weighted by molar-refractivity contribution is 6.08. The molecule has 2 aromatic carbocycles. The largest absolute Gasteiger partial charge is 0.493 e. The van der Waals surface area contributed by atoms with Crippen molar-refractivity contribution in [2.75, 3.05) is 11.9 Å². The van der Waals surface area contributed by atoms with Gasteiger partial charge in [0.05, 0.1) is 12.2 Å². The summed E-state index contributed by atoms with van der Waals surface area (Å²) < 4.78 is 5.50. The molecule has 3 rings (SSSR count). The molecule has 1 aliphatic heterocycles. The Kier molecular flexibility index (Phi) is 3.54. The molecule has 3 N–H and O–H groups in total. The predicted octanol–water partition coefficient (Wildman–Crippen LogP) is 1.97. The minimum atomic E-state index is -1.99. The highest BCUT2D eigenvalue weighted by atomic mass is 16.5. The van der Waals surface area contributed by atoms with Crippen LogP contribution in [0.15, 0.2) is 42.5 Å². The number of carboxylic acids is 1. The van der Waals surface area contributed by atoms with E-state index in [4.69, 9.17) is 9.84 Å². The van der Waals surface area contributed by atoms with Crippen LogP contribution in [0.2, 0.25) is 0 Å². The number of rotatable bonds is 4. The van der Waals surface area contributed by atoms with Gasteiger partial charge in [0.15, 0.2) is 5.60 Å². The average molecular weight is 313 g/mol. The van der Waals surface area contributed by atoms with Crippen LogP contribution in [0.25, 0.3) is 0 Å². The molecule has 1 unspecified atom stereocenters. The Morgan fingerprint density at radius 3 is 2.65 bits per heavy atom. The van der Waals surface area contributed by atoms with E-state index < -0.39 is 17.5 Å². The first kappa shape index (κ1) is 15.1. The minimum absolute atomic E-state index is 0.00688. The molecule has 1 aliphatic rings. The molecule has 0 aliphatic carbocycles. The number of hydrogen-bond donors (Lipinski definition) is 3. The lowest BCUT2D eigenvalue weighted by atomic mass is 9.86. The Bertz CT molecular complexity index is 801. The molecule has 0 bridgehead atoms. The molecule has 23 heavy (non-hydrogen) atoms. The first-order chi connectivity index (χ1) is 11.0. The van der Waals surface area contributed by atoms with E-state index in [-0.39, 0.29) is 16.7 Å². The van der Waals surface area contributed by atoms with E-state index in [0.717, 1.165) is 0 Å². The van der Waals surface area contributed by atoms with Crippen LogP contribution in [0.1, 0.15) is 28.4 Å². The van der Waals surface area contributed by atoms with Crippen molar-refractivity contribution in [3.8, 4) is 5.75 Å². The summed E-state index contributed by atoms with van der Waals surface area (Å²) in [6, 6.07) is 10.8. The van der Waals surface area contributed by atoms with Gasteiger partial charge in [-0.3, -0.25) is 4.79 Å².